The number of carboxylic acid groups (broad SMARTS) is 1. The summed E-state index contributed by atoms with van der Waals surface area (Å²) in [7, 11) is 0. The van der Waals surface area contributed by atoms with Gasteiger partial charge in [0.15, 0.2) is 0 Å². The van der Waals surface area contributed by atoms with Crippen LogP contribution >= 0.6 is 0 Å². The molecule has 0 spiro atoms. The lowest BCUT2D eigenvalue weighted by molar-refractivity contribution is -0.146. The first-order valence-electron chi connectivity index (χ1n) is 5.99. The second-order valence-electron chi connectivity index (χ2n) is 4.48. The lowest BCUT2D eigenvalue weighted by Crippen LogP contribution is -2.42. The number of carbonyl (C=O) groups excluding carboxylic acids is 1. The normalized spacial score (nSPS) is 33.9. The molecule has 5 heteroatoms. The van der Waals surface area contributed by atoms with E-state index in [0.29, 0.717) is 6.54 Å². The van der Waals surface area contributed by atoms with Crippen LogP contribution in [0.15, 0.2) is 12.2 Å². The van der Waals surface area contributed by atoms with Crippen LogP contribution in [0.3, 0.4) is 0 Å². The molecule has 2 N–H and O–H groups in total. The average molecular weight is 239 g/mol. The molecule has 2 rings (SSSR count). The molecule has 2 heterocycles. The first-order valence-corrected chi connectivity index (χ1v) is 5.99. The minimum Gasteiger partial charge on any atom is -0.481 e. The molecule has 1 fully saturated rings. The van der Waals surface area contributed by atoms with E-state index in [1.54, 1.807) is 12.2 Å². The molecule has 5 nitrogen and oxygen atoms in total. The van der Waals surface area contributed by atoms with Gasteiger partial charge in [0.1, 0.15) is 5.92 Å². The Labute approximate surface area is 99.8 Å². The van der Waals surface area contributed by atoms with Crippen molar-refractivity contribution in [3.8, 4) is 0 Å². The van der Waals surface area contributed by atoms with Crippen LogP contribution in [-0.2, 0) is 14.3 Å². The number of carbonyl (C=O) groups is 2. The number of unbranched alkanes of at least 4 members (excludes halogenated alkanes) is 1. The fourth-order valence-electron chi connectivity index (χ4n) is 2.42. The van der Waals surface area contributed by atoms with E-state index in [1.807, 2.05) is 6.92 Å². The van der Waals surface area contributed by atoms with Crippen molar-refractivity contribution in [2.45, 2.75) is 32.0 Å². The standard InChI is InChI=1S/C12H17NO4/c1-2-3-6-13-11(14)9-7-4-5-8(17-7)10(9)12(15)16/h4-5,7-10H,2-3,6H2,1H3,(H,13,14)(H,15,16)/t7-,8-,9-,10+/m1/s1. The van der Waals surface area contributed by atoms with E-state index in [-0.39, 0.29) is 12.0 Å². The van der Waals surface area contributed by atoms with E-state index < -0.39 is 23.9 Å². The van der Waals surface area contributed by atoms with Crippen LogP contribution in [0, 0.1) is 11.8 Å². The summed E-state index contributed by atoms with van der Waals surface area (Å²) in [5.41, 5.74) is 0. The Balaban J connectivity index is 2.01. The number of nitrogens with one attached hydrogen (secondary N) is 1. The van der Waals surface area contributed by atoms with Crippen molar-refractivity contribution in [1.82, 2.24) is 5.32 Å². The van der Waals surface area contributed by atoms with Gasteiger partial charge < -0.3 is 15.2 Å². The van der Waals surface area contributed by atoms with Crippen LogP contribution in [0.5, 0.6) is 0 Å². The summed E-state index contributed by atoms with van der Waals surface area (Å²) in [6.07, 6.45) is 4.60. The lowest BCUT2D eigenvalue weighted by Gasteiger charge is -2.20. The molecular formula is C12H17NO4. The first-order chi connectivity index (χ1) is 8.15. The highest BCUT2D eigenvalue weighted by Crippen LogP contribution is 2.39. The van der Waals surface area contributed by atoms with Gasteiger partial charge >= 0.3 is 5.97 Å². The number of hydrogen-bond donors (Lipinski definition) is 2. The quantitative estimate of drug-likeness (QED) is 0.543. The molecule has 0 aromatic carbocycles. The minimum atomic E-state index is -0.961. The van der Waals surface area contributed by atoms with Gasteiger partial charge in [-0.05, 0) is 6.42 Å². The molecule has 2 aliphatic heterocycles. The third-order valence-electron chi connectivity index (χ3n) is 3.32. The van der Waals surface area contributed by atoms with Gasteiger partial charge in [-0.15, -0.1) is 0 Å². The van der Waals surface area contributed by atoms with E-state index in [2.05, 4.69) is 5.32 Å². The fraction of sp³-hybridized carbons (Fsp3) is 0.667. The summed E-state index contributed by atoms with van der Waals surface area (Å²) in [4.78, 5) is 23.1. The van der Waals surface area contributed by atoms with Gasteiger partial charge in [-0.3, -0.25) is 9.59 Å². The molecule has 0 aliphatic carbocycles. The summed E-state index contributed by atoms with van der Waals surface area (Å²) in [5, 5.41) is 11.9. The predicted octanol–water partition coefficient (Wildman–Crippen LogP) is 0.557. The Morgan fingerprint density at radius 2 is 1.94 bits per heavy atom. The largest absolute Gasteiger partial charge is 0.481 e. The van der Waals surface area contributed by atoms with E-state index in [0.717, 1.165) is 12.8 Å². The third kappa shape index (κ3) is 2.20. The van der Waals surface area contributed by atoms with Crippen LogP contribution in [0.4, 0.5) is 0 Å². The monoisotopic (exact) mass is 239 g/mol. The molecule has 2 aliphatic rings. The SMILES string of the molecule is CCCCNC(=O)[C@H]1[C@@H](C(=O)O)[C@H]2C=C[C@H]1O2. The Kier molecular flexibility index (Phi) is 3.47. The van der Waals surface area contributed by atoms with E-state index in [9.17, 15) is 9.59 Å². The second kappa shape index (κ2) is 4.87. The summed E-state index contributed by atoms with van der Waals surface area (Å²) in [5.74, 6) is -2.49. The summed E-state index contributed by atoms with van der Waals surface area (Å²) < 4.78 is 5.43. The summed E-state index contributed by atoms with van der Waals surface area (Å²) in [6, 6.07) is 0. The number of amides is 1. The zero-order chi connectivity index (χ0) is 12.4. The van der Waals surface area contributed by atoms with Crippen LogP contribution in [0.2, 0.25) is 0 Å². The van der Waals surface area contributed by atoms with Crippen LogP contribution in [0.1, 0.15) is 19.8 Å². The molecule has 2 bridgehead atoms. The molecule has 0 unspecified atom stereocenters. The number of aliphatic carboxylic acids is 1. The van der Waals surface area contributed by atoms with Gasteiger partial charge in [-0.2, -0.15) is 0 Å². The van der Waals surface area contributed by atoms with Gasteiger partial charge in [-0.25, -0.2) is 0 Å². The molecule has 0 radical (unpaired) electrons. The van der Waals surface area contributed by atoms with Crippen molar-refractivity contribution < 1.29 is 19.4 Å². The molecule has 0 aromatic rings. The zero-order valence-corrected chi connectivity index (χ0v) is 9.76. The minimum absolute atomic E-state index is 0.206. The third-order valence-corrected chi connectivity index (χ3v) is 3.32. The van der Waals surface area contributed by atoms with E-state index >= 15 is 0 Å². The predicted molar refractivity (Wildman–Crippen MR) is 60.3 cm³/mol. The molecule has 1 amide bonds. The van der Waals surface area contributed by atoms with Crippen molar-refractivity contribution in [2.24, 2.45) is 11.8 Å². The number of carboxylic acids is 1. The molecule has 17 heavy (non-hydrogen) atoms. The number of fused-ring (bicyclic) bond motifs is 2. The maximum absolute atomic E-state index is 11.9. The van der Waals surface area contributed by atoms with Gasteiger partial charge in [0.25, 0.3) is 0 Å². The van der Waals surface area contributed by atoms with Crippen molar-refractivity contribution in [3.05, 3.63) is 12.2 Å². The fourth-order valence-corrected chi connectivity index (χ4v) is 2.42. The highest BCUT2D eigenvalue weighted by atomic mass is 16.5. The topological polar surface area (TPSA) is 75.6 Å². The van der Waals surface area contributed by atoms with Crippen LogP contribution in [-0.4, -0.2) is 35.7 Å². The van der Waals surface area contributed by atoms with E-state index in [1.165, 1.54) is 0 Å². The molecular weight excluding hydrogens is 222 g/mol. The van der Waals surface area contributed by atoms with Crippen LogP contribution in [0.25, 0.3) is 0 Å². The number of hydrogen-bond acceptors (Lipinski definition) is 3. The maximum atomic E-state index is 11.9. The van der Waals surface area contributed by atoms with Crippen LogP contribution < -0.4 is 5.32 Å². The highest BCUT2D eigenvalue weighted by Gasteiger charge is 2.52. The van der Waals surface area contributed by atoms with Crippen molar-refractivity contribution in [2.75, 3.05) is 6.54 Å². The van der Waals surface area contributed by atoms with E-state index in [4.69, 9.17) is 9.84 Å². The van der Waals surface area contributed by atoms with Gasteiger partial charge in [-0.1, -0.05) is 25.5 Å². The van der Waals surface area contributed by atoms with Crippen molar-refractivity contribution in [3.63, 3.8) is 0 Å². The lowest BCUT2D eigenvalue weighted by atomic mass is 9.82. The molecule has 4 atom stereocenters. The smallest absolute Gasteiger partial charge is 0.310 e. The molecule has 94 valence electrons. The molecule has 1 saturated heterocycles. The summed E-state index contributed by atoms with van der Waals surface area (Å²) >= 11 is 0. The average Bonchev–Trinajstić information content (AvgIpc) is 2.88. The Bertz CT molecular complexity index is 352. The second-order valence-corrected chi connectivity index (χ2v) is 4.48. The Morgan fingerprint density at radius 1 is 1.29 bits per heavy atom. The Morgan fingerprint density at radius 3 is 2.53 bits per heavy atom. The zero-order valence-electron chi connectivity index (χ0n) is 9.76. The number of ether oxygens (including phenoxy) is 1. The Hall–Kier alpha value is -1.36. The molecule has 0 aromatic heterocycles. The summed E-state index contributed by atoms with van der Waals surface area (Å²) in [6.45, 7) is 2.63. The van der Waals surface area contributed by atoms with Gasteiger partial charge in [0.05, 0.1) is 18.1 Å². The maximum Gasteiger partial charge on any atom is 0.310 e. The van der Waals surface area contributed by atoms with Crippen molar-refractivity contribution >= 4 is 11.9 Å². The first kappa shape index (κ1) is 12.1. The number of rotatable bonds is 5. The van der Waals surface area contributed by atoms with Gasteiger partial charge in [0.2, 0.25) is 5.91 Å². The molecule has 0 saturated carbocycles. The highest BCUT2D eigenvalue weighted by molar-refractivity contribution is 5.87. The van der Waals surface area contributed by atoms with Gasteiger partial charge in [0, 0.05) is 6.54 Å². The van der Waals surface area contributed by atoms with Crippen molar-refractivity contribution in [1.29, 1.82) is 0 Å².